The molecule has 2 aromatic rings. The minimum atomic E-state index is -0.168. The SMILES string of the molecule is CCC(Cl)c1noc(CCc2ccc(OC)cc2)n1. The van der Waals surface area contributed by atoms with Gasteiger partial charge in [0, 0.05) is 6.42 Å². The number of rotatable bonds is 6. The number of alkyl halides is 1. The average molecular weight is 281 g/mol. The molecule has 0 aliphatic rings. The van der Waals surface area contributed by atoms with Crippen molar-refractivity contribution in [1.82, 2.24) is 10.1 Å². The van der Waals surface area contributed by atoms with Gasteiger partial charge in [0.15, 0.2) is 5.82 Å². The van der Waals surface area contributed by atoms with Crippen LogP contribution < -0.4 is 4.74 Å². The van der Waals surface area contributed by atoms with Crippen molar-refractivity contribution in [1.29, 1.82) is 0 Å². The van der Waals surface area contributed by atoms with Gasteiger partial charge >= 0.3 is 0 Å². The summed E-state index contributed by atoms with van der Waals surface area (Å²) in [5, 5.41) is 3.72. The van der Waals surface area contributed by atoms with Crippen LogP contribution in [0.4, 0.5) is 0 Å². The third kappa shape index (κ3) is 3.70. The van der Waals surface area contributed by atoms with Gasteiger partial charge in [0.25, 0.3) is 0 Å². The number of halogens is 1. The topological polar surface area (TPSA) is 48.2 Å². The van der Waals surface area contributed by atoms with E-state index in [1.165, 1.54) is 5.56 Å². The zero-order chi connectivity index (χ0) is 13.7. The second-order valence-electron chi connectivity index (χ2n) is 4.27. The Morgan fingerprint density at radius 2 is 2.00 bits per heavy atom. The predicted octanol–water partition coefficient (Wildman–Crippen LogP) is 3.55. The first kappa shape index (κ1) is 13.9. The number of aromatic nitrogens is 2. The van der Waals surface area contributed by atoms with Crippen LogP contribution in [0.15, 0.2) is 28.8 Å². The fraction of sp³-hybridized carbons (Fsp3) is 0.429. The van der Waals surface area contributed by atoms with Gasteiger partial charge in [-0.1, -0.05) is 24.2 Å². The van der Waals surface area contributed by atoms with Crippen molar-refractivity contribution in [2.75, 3.05) is 7.11 Å². The summed E-state index contributed by atoms with van der Waals surface area (Å²) in [6.45, 7) is 1.99. The van der Waals surface area contributed by atoms with Crippen LogP contribution in [-0.2, 0) is 12.8 Å². The number of ether oxygens (including phenoxy) is 1. The number of nitrogens with zero attached hydrogens (tertiary/aromatic N) is 2. The molecule has 0 amide bonds. The van der Waals surface area contributed by atoms with E-state index < -0.39 is 0 Å². The summed E-state index contributed by atoms with van der Waals surface area (Å²) in [5.74, 6) is 2.07. The average Bonchev–Trinajstić information content (AvgIpc) is 2.93. The smallest absolute Gasteiger partial charge is 0.227 e. The molecule has 2 rings (SSSR count). The Morgan fingerprint density at radius 1 is 1.26 bits per heavy atom. The minimum Gasteiger partial charge on any atom is -0.497 e. The van der Waals surface area contributed by atoms with Crippen molar-refractivity contribution < 1.29 is 9.26 Å². The fourth-order valence-electron chi connectivity index (χ4n) is 1.72. The molecule has 19 heavy (non-hydrogen) atoms. The van der Waals surface area contributed by atoms with Gasteiger partial charge in [-0.2, -0.15) is 4.98 Å². The van der Waals surface area contributed by atoms with Gasteiger partial charge in [-0.3, -0.25) is 0 Å². The third-order valence-corrected chi connectivity index (χ3v) is 3.41. The lowest BCUT2D eigenvalue weighted by Crippen LogP contribution is -1.94. The van der Waals surface area contributed by atoms with E-state index in [1.54, 1.807) is 7.11 Å². The number of benzene rings is 1. The van der Waals surface area contributed by atoms with Gasteiger partial charge in [-0.15, -0.1) is 11.6 Å². The Morgan fingerprint density at radius 3 is 2.63 bits per heavy atom. The quantitative estimate of drug-likeness (QED) is 0.759. The summed E-state index contributed by atoms with van der Waals surface area (Å²) in [6.07, 6.45) is 2.36. The van der Waals surface area contributed by atoms with E-state index in [4.69, 9.17) is 20.9 Å². The van der Waals surface area contributed by atoms with E-state index in [0.29, 0.717) is 18.1 Å². The molecule has 1 aromatic carbocycles. The molecular formula is C14H17ClN2O2. The molecule has 102 valence electrons. The summed E-state index contributed by atoms with van der Waals surface area (Å²) in [4.78, 5) is 4.30. The van der Waals surface area contributed by atoms with Gasteiger partial charge in [0.1, 0.15) is 5.75 Å². The molecule has 0 radical (unpaired) electrons. The molecule has 0 N–H and O–H groups in total. The number of methoxy groups -OCH3 is 1. The van der Waals surface area contributed by atoms with Crippen LogP contribution >= 0.6 is 11.6 Å². The maximum atomic E-state index is 6.06. The zero-order valence-electron chi connectivity index (χ0n) is 11.1. The van der Waals surface area contributed by atoms with Crippen molar-refractivity contribution in [3.63, 3.8) is 0 Å². The Balaban J connectivity index is 1.92. The maximum absolute atomic E-state index is 6.06. The number of aryl methyl sites for hydroxylation is 2. The van der Waals surface area contributed by atoms with Crippen LogP contribution in [0, 0.1) is 0 Å². The van der Waals surface area contributed by atoms with E-state index in [9.17, 15) is 0 Å². The highest BCUT2D eigenvalue weighted by molar-refractivity contribution is 6.20. The number of hydrogen-bond donors (Lipinski definition) is 0. The Kier molecular flexibility index (Phi) is 4.80. The van der Waals surface area contributed by atoms with Gasteiger partial charge in [-0.25, -0.2) is 0 Å². The predicted molar refractivity (Wildman–Crippen MR) is 73.6 cm³/mol. The van der Waals surface area contributed by atoms with E-state index >= 15 is 0 Å². The standard InChI is InChI=1S/C14H17ClN2O2/c1-3-12(15)14-16-13(19-17-14)9-6-10-4-7-11(18-2)8-5-10/h4-5,7-8,12H,3,6,9H2,1-2H3. The van der Waals surface area contributed by atoms with Gasteiger partial charge in [0.2, 0.25) is 5.89 Å². The van der Waals surface area contributed by atoms with Crippen LogP contribution in [0.2, 0.25) is 0 Å². The first-order valence-electron chi connectivity index (χ1n) is 6.32. The van der Waals surface area contributed by atoms with Crippen molar-refractivity contribution in [2.24, 2.45) is 0 Å². The molecule has 4 nitrogen and oxygen atoms in total. The molecule has 0 saturated carbocycles. The summed E-state index contributed by atoms with van der Waals surface area (Å²) in [7, 11) is 1.66. The van der Waals surface area contributed by atoms with Crippen molar-refractivity contribution in [3.05, 3.63) is 41.5 Å². The molecule has 5 heteroatoms. The number of hydrogen-bond acceptors (Lipinski definition) is 4. The van der Waals surface area contributed by atoms with Crippen LogP contribution in [0.5, 0.6) is 5.75 Å². The lowest BCUT2D eigenvalue weighted by Gasteiger charge is -2.01. The Labute approximate surface area is 117 Å². The highest BCUT2D eigenvalue weighted by Crippen LogP contribution is 2.21. The van der Waals surface area contributed by atoms with E-state index in [2.05, 4.69) is 10.1 Å². The van der Waals surface area contributed by atoms with Gasteiger partial charge < -0.3 is 9.26 Å². The molecule has 0 saturated heterocycles. The maximum Gasteiger partial charge on any atom is 0.227 e. The third-order valence-electron chi connectivity index (χ3n) is 2.91. The first-order chi connectivity index (χ1) is 9.22. The van der Waals surface area contributed by atoms with E-state index in [-0.39, 0.29) is 5.38 Å². The normalized spacial score (nSPS) is 12.4. The van der Waals surface area contributed by atoms with Crippen molar-refractivity contribution in [2.45, 2.75) is 31.6 Å². The van der Waals surface area contributed by atoms with Crippen LogP contribution in [0.3, 0.4) is 0 Å². The zero-order valence-corrected chi connectivity index (χ0v) is 11.9. The molecule has 1 unspecified atom stereocenters. The fourth-order valence-corrected chi connectivity index (χ4v) is 1.81. The molecule has 0 spiro atoms. The van der Waals surface area contributed by atoms with Crippen molar-refractivity contribution in [3.8, 4) is 5.75 Å². The highest BCUT2D eigenvalue weighted by atomic mass is 35.5. The molecule has 1 heterocycles. The summed E-state index contributed by atoms with van der Waals surface area (Å²) < 4.78 is 10.3. The van der Waals surface area contributed by atoms with Gasteiger partial charge in [-0.05, 0) is 30.5 Å². The molecule has 1 aromatic heterocycles. The highest BCUT2D eigenvalue weighted by Gasteiger charge is 2.13. The second-order valence-corrected chi connectivity index (χ2v) is 4.80. The second kappa shape index (κ2) is 6.57. The summed E-state index contributed by atoms with van der Waals surface area (Å²) >= 11 is 6.06. The van der Waals surface area contributed by atoms with Gasteiger partial charge in [0.05, 0.1) is 12.5 Å². The molecule has 0 aliphatic heterocycles. The molecule has 0 fully saturated rings. The monoisotopic (exact) mass is 280 g/mol. The lowest BCUT2D eigenvalue weighted by molar-refractivity contribution is 0.372. The molecule has 1 atom stereocenters. The van der Waals surface area contributed by atoms with Crippen molar-refractivity contribution >= 4 is 11.6 Å². The summed E-state index contributed by atoms with van der Waals surface area (Å²) in [6, 6.07) is 7.96. The lowest BCUT2D eigenvalue weighted by atomic mass is 10.1. The first-order valence-corrected chi connectivity index (χ1v) is 6.76. The van der Waals surface area contributed by atoms with Crippen LogP contribution in [0.25, 0.3) is 0 Å². The van der Waals surface area contributed by atoms with Crippen LogP contribution in [0.1, 0.15) is 36.0 Å². The Hall–Kier alpha value is -1.55. The summed E-state index contributed by atoms with van der Waals surface area (Å²) in [5.41, 5.74) is 1.21. The molecule has 0 bridgehead atoms. The molecular weight excluding hydrogens is 264 g/mol. The Bertz CT molecular complexity index is 510. The van der Waals surface area contributed by atoms with E-state index in [0.717, 1.165) is 18.6 Å². The van der Waals surface area contributed by atoms with Crippen LogP contribution in [-0.4, -0.2) is 17.3 Å². The minimum absolute atomic E-state index is 0.168. The van der Waals surface area contributed by atoms with E-state index in [1.807, 2.05) is 31.2 Å². The molecule has 0 aliphatic carbocycles. The largest absolute Gasteiger partial charge is 0.497 e.